The van der Waals surface area contributed by atoms with E-state index in [4.69, 9.17) is 16.9 Å². The van der Waals surface area contributed by atoms with Gasteiger partial charge in [-0.2, -0.15) is 5.26 Å². The van der Waals surface area contributed by atoms with Gasteiger partial charge in [-0.15, -0.1) is 0 Å². The first-order valence-corrected chi connectivity index (χ1v) is 7.02. The number of anilines is 1. The Hall–Kier alpha value is -2.38. The Morgan fingerprint density at radius 3 is 2.76 bits per heavy atom. The van der Waals surface area contributed by atoms with E-state index in [9.17, 15) is 4.79 Å². The average molecular weight is 298 g/mol. The maximum atomic E-state index is 12.2. The zero-order chi connectivity index (χ0) is 14.8. The average Bonchev–Trinajstić information content (AvgIpc) is 3.33. The third-order valence-corrected chi connectivity index (χ3v) is 3.71. The largest absolute Gasteiger partial charge is 0.321 e. The highest BCUT2D eigenvalue weighted by Crippen LogP contribution is 2.38. The van der Waals surface area contributed by atoms with Crippen molar-refractivity contribution in [2.24, 2.45) is 0 Å². The van der Waals surface area contributed by atoms with Gasteiger partial charge < -0.3 is 5.32 Å². The fraction of sp³-hybridized carbons (Fsp3) is 0.188. The smallest absolute Gasteiger partial charge is 0.257 e. The van der Waals surface area contributed by atoms with Crippen LogP contribution < -0.4 is 5.32 Å². The predicted molar refractivity (Wildman–Crippen MR) is 80.3 cm³/mol. The van der Waals surface area contributed by atoms with Crippen molar-refractivity contribution in [2.75, 3.05) is 5.32 Å². The van der Waals surface area contributed by atoms with Gasteiger partial charge in [-0.05, 0) is 43.2 Å². The minimum atomic E-state index is -0.349. The molecular weight excluding hydrogens is 286 g/mol. The molecule has 0 radical (unpaired) electrons. The molecule has 104 valence electrons. The zero-order valence-electron chi connectivity index (χ0n) is 11.1. The van der Waals surface area contributed by atoms with Crippen LogP contribution in [-0.2, 0) is 0 Å². The summed E-state index contributed by atoms with van der Waals surface area (Å²) in [6.45, 7) is 0. The van der Waals surface area contributed by atoms with Crippen LogP contribution in [0.15, 0.2) is 36.5 Å². The summed E-state index contributed by atoms with van der Waals surface area (Å²) in [7, 11) is 0. The molecule has 3 rings (SSSR count). The Balaban J connectivity index is 1.78. The maximum Gasteiger partial charge on any atom is 0.257 e. The number of nitrogens with zero attached hydrogens (tertiary/aromatic N) is 2. The van der Waals surface area contributed by atoms with Crippen molar-refractivity contribution >= 4 is 23.2 Å². The second-order valence-electron chi connectivity index (χ2n) is 5.01. The Kier molecular flexibility index (Phi) is 3.59. The van der Waals surface area contributed by atoms with E-state index in [-0.39, 0.29) is 11.5 Å². The second-order valence-corrected chi connectivity index (χ2v) is 5.41. The quantitative estimate of drug-likeness (QED) is 0.938. The van der Waals surface area contributed by atoms with Gasteiger partial charge in [0.15, 0.2) is 0 Å². The van der Waals surface area contributed by atoms with E-state index < -0.39 is 0 Å². The van der Waals surface area contributed by atoms with Crippen LogP contribution in [0.3, 0.4) is 0 Å². The predicted octanol–water partition coefficient (Wildman–Crippen LogP) is 3.74. The molecule has 4 nitrogen and oxygen atoms in total. The molecule has 1 N–H and O–H groups in total. The van der Waals surface area contributed by atoms with Gasteiger partial charge in [-0.25, -0.2) is 0 Å². The fourth-order valence-corrected chi connectivity index (χ4v) is 2.27. The highest BCUT2D eigenvalue weighted by Gasteiger charge is 2.24. The van der Waals surface area contributed by atoms with E-state index in [2.05, 4.69) is 10.3 Å². The Labute approximate surface area is 127 Å². The molecule has 1 amide bonds. The van der Waals surface area contributed by atoms with Crippen LogP contribution in [0.1, 0.15) is 40.4 Å². The van der Waals surface area contributed by atoms with Crippen LogP contribution >= 0.6 is 11.6 Å². The van der Waals surface area contributed by atoms with E-state index in [1.54, 1.807) is 18.3 Å². The fourth-order valence-electron chi connectivity index (χ4n) is 2.07. The van der Waals surface area contributed by atoms with Crippen molar-refractivity contribution in [3.63, 3.8) is 0 Å². The molecule has 0 bridgehead atoms. The van der Waals surface area contributed by atoms with Gasteiger partial charge in [-0.1, -0.05) is 11.6 Å². The number of nitriles is 1. The van der Waals surface area contributed by atoms with Gasteiger partial charge in [0, 0.05) is 11.6 Å². The van der Waals surface area contributed by atoms with Crippen LogP contribution in [-0.4, -0.2) is 10.9 Å². The van der Waals surface area contributed by atoms with E-state index in [0.29, 0.717) is 22.2 Å². The number of hydrogen-bond donors (Lipinski definition) is 1. The molecule has 1 fully saturated rings. The van der Waals surface area contributed by atoms with Gasteiger partial charge in [0.1, 0.15) is 0 Å². The molecule has 2 aromatic rings. The van der Waals surface area contributed by atoms with Crippen molar-refractivity contribution in [1.82, 2.24) is 4.98 Å². The van der Waals surface area contributed by atoms with Crippen LogP contribution in [0.4, 0.5) is 5.69 Å². The molecule has 0 spiro atoms. The minimum Gasteiger partial charge on any atom is -0.321 e. The highest BCUT2D eigenvalue weighted by atomic mass is 35.5. The summed E-state index contributed by atoms with van der Waals surface area (Å²) in [5.74, 6) is 0.231. The van der Waals surface area contributed by atoms with Gasteiger partial charge in [-0.3, -0.25) is 9.78 Å². The number of amides is 1. The van der Waals surface area contributed by atoms with Crippen molar-refractivity contribution < 1.29 is 4.79 Å². The van der Waals surface area contributed by atoms with Gasteiger partial charge >= 0.3 is 0 Å². The van der Waals surface area contributed by atoms with E-state index in [0.717, 1.165) is 5.69 Å². The molecule has 1 aliphatic carbocycles. The first-order valence-electron chi connectivity index (χ1n) is 6.64. The van der Waals surface area contributed by atoms with E-state index >= 15 is 0 Å². The SMILES string of the molecule is N#Cc1ccc(Cl)c(C(=O)Nc2ccc(C3CC3)nc2)c1. The number of rotatable bonds is 3. The van der Waals surface area contributed by atoms with Crippen LogP contribution in [0.5, 0.6) is 0 Å². The highest BCUT2D eigenvalue weighted by molar-refractivity contribution is 6.34. The minimum absolute atomic E-state index is 0.280. The molecule has 0 aliphatic heterocycles. The molecule has 1 saturated carbocycles. The maximum absolute atomic E-state index is 12.2. The number of carbonyl (C=O) groups excluding carboxylic acids is 1. The van der Waals surface area contributed by atoms with Crippen molar-refractivity contribution in [3.8, 4) is 6.07 Å². The number of hydrogen-bond acceptors (Lipinski definition) is 3. The monoisotopic (exact) mass is 297 g/mol. The number of pyridine rings is 1. The first kappa shape index (κ1) is 13.6. The third-order valence-electron chi connectivity index (χ3n) is 3.38. The molecule has 1 aromatic carbocycles. The summed E-state index contributed by atoms with van der Waals surface area (Å²) in [4.78, 5) is 16.5. The van der Waals surface area contributed by atoms with Gasteiger partial charge in [0.2, 0.25) is 0 Å². The summed E-state index contributed by atoms with van der Waals surface area (Å²) < 4.78 is 0. The number of benzene rings is 1. The summed E-state index contributed by atoms with van der Waals surface area (Å²) in [6, 6.07) is 10.3. The summed E-state index contributed by atoms with van der Waals surface area (Å²) in [6.07, 6.45) is 4.03. The molecular formula is C16H12ClN3O. The third kappa shape index (κ3) is 3.04. The van der Waals surface area contributed by atoms with Crippen LogP contribution in [0, 0.1) is 11.3 Å². The topological polar surface area (TPSA) is 65.8 Å². The first-order chi connectivity index (χ1) is 10.2. The normalized spacial score (nSPS) is 13.5. The molecule has 1 heterocycles. The van der Waals surface area contributed by atoms with Crippen molar-refractivity contribution in [3.05, 3.63) is 58.4 Å². The molecule has 0 saturated heterocycles. The molecule has 1 aromatic heterocycles. The van der Waals surface area contributed by atoms with Crippen molar-refractivity contribution in [1.29, 1.82) is 5.26 Å². The van der Waals surface area contributed by atoms with Crippen LogP contribution in [0.2, 0.25) is 5.02 Å². The standard InChI is InChI=1S/C16H12ClN3O/c17-14-5-1-10(8-18)7-13(14)16(21)20-12-4-6-15(19-9-12)11-2-3-11/h1,4-7,9,11H,2-3H2,(H,20,21). The number of nitrogens with one attached hydrogen (secondary N) is 1. The molecule has 5 heteroatoms. The van der Waals surface area contributed by atoms with E-state index in [1.807, 2.05) is 18.2 Å². The molecule has 0 unspecified atom stereocenters. The lowest BCUT2D eigenvalue weighted by Gasteiger charge is -2.07. The van der Waals surface area contributed by atoms with Crippen molar-refractivity contribution in [2.45, 2.75) is 18.8 Å². The molecule has 21 heavy (non-hydrogen) atoms. The Morgan fingerprint density at radius 1 is 1.33 bits per heavy atom. The number of halogens is 1. The number of carbonyl (C=O) groups is 1. The lowest BCUT2D eigenvalue weighted by atomic mass is 10.1. The van der Waals surface area contributed by atoms with E-state index in [1.165, 1.54) is 18.9 Å². The summed E-state index contributed by atoms with van der Waals surface area (Å²) >= 11 is 6.00. The lowest BCUT2D eigenvalue weighted by molar-refractivity contribution is 0.102. The van der Waals surface area contributed by atoms with Gasteiger partial charge in [0.05, 0.1) is 34.1 Å². The van der Waals surface area contributed by atoms with Crippen LogP contribution in [0.25, 0.3) is 0 Å². The Morgan fingerprint density at radius 2 is 2.14 bits per heavy atom. The molecule has 0 atom stereocenters. The van der Waals surface area contributed by atoms with Gasteiger partial charge in [0.25, 0.3) is 5.91 Å². The zero-order valence-corrected chi connectivity index (χ0v) is 11.9. The Bertz CT molecular complexity index is 730. The summed E-state index contributed by atoms with van der Waals surface area (Å²) in [5, 5.41) is 11.9. The second kappa shape index (κ2) is 5.55. The summed E-state index contributed by atoms with van der Waals surface area (Å²) in [5.41, 5.74) is 2.36. The number of aromatic nitrogens is 1. The lowest BCUT2D eigenvalue weighted by Crippen LogP contribution is -2.13. The molecule has 1 aliphatic rings.